The molecule has 3 rings (SSSR count). The first-order valence-electron chi connectivity index (χ1n) is 11.0. The summed E-state index contributed by atoms with van der Waals surface area (Å²) in [6.07, 6.45) is 0.725. The molecule has 2 amide bonds. The quantitative estimate of drug-likeness (QED) is 0.468. The van der Waals surface area contributed by atoms with Gasteiger partial charge in [0, 0.05) is 24.2 Å². The van der Waals surface area contributed by atoms with Crippen molar-refractivity contribution >= 4 is 62.3 Å². The van der Waals surface area contributed by atoms with Crippen LogP contribution in [0.25, 0.3) is 0 Å². The molecule has 184 valence electrons. The van der Waals surface area contributed by atoms with Gasteiger partial charge in [0.25, 0.3) is 5.91 Å². The molecule has 11 heteroatoms. The maximum absolute atomic E-state index is 12.8. The highest BCUT2D eigenvalue weighted by Gasteiger charge is 2.28. The summed E-state index contributed by atoms with van der Waals surface area (Å²) in [6, 6.07) is 5.28. The van der Waals surface area contributed by atoms with Crippen LogP contribution in [0.15, 0.2) is 27.5 Å². The number of esters is 1. The third-order valence-corrected chi connectivity index (χ3v) is 6.42. The summed E-state index contributed by atoms with van der Waals surface area (Å²) in [5, 5.41) is 7.28. The van der Waals surface area contributed by atoms with Crippen LogP contribution < -0.4 is 15.5 Å². The lowest BCUT2D eigenvalue weighted by Crippen LogP contribution is -2.37. The molecule has 1 aromatic heterocycles. The van der Waals surface area contributed by atoms with Gasteiger partial charge in [0.15, 0.2) is 3.92 Å². The number of hydrogen-bond acceptors (Lipinski definition) is 8. The van der Waals surface area contributed by atoms with Crippen LogP contribution in [0.3, 0.4) is 0 Å². The molecule has 1 saturated heterocycles. The average Bonchev–Trinajstić information content (AvgIpc) is 3.19. The molecule has 1 aliphatic rings. The van der Waals surface area contributed by atoms with Crippen LogP contribution in [0.1, 0.15) is 51.0 Å². The molecule has 0 aliphatic carbocycles. The van der Waals surface area contributed by atoms with E-state index >= 15 is 0 Å². The van der Waals surface area contributed by atoms with Crippen molar-refractivity contribution in [1.29, 1.82) is 0 Å². The molecular weight excluding hydrogens is 524 g/mol. The number of thiazole rings is 1. The molecule has 1 fully saturated rings. The number of aromatic nitrogens is 1. The van der Waals surface area contributed by atoms with Crippen molar-refractivity contribution in [1.82, 2.24) is 4.98 Å². The fraction of sp³-hybridized carbons (Fsp3) is 0.478. The van der Waals surface area contributed by atoms with Gasteiger partial charge in [-0.25, -0.2) is 9.78 Å². The highest BCUT2D eigenvalue weighted by molar-refractivity contribution is 9.11. The van der Waals surface area contributed by atoms with Gasteiger partial charge in [-0.05, 0) is 74.7 Å². The van der Waals surface area contributed by atoms with Gasteiger partial charge in [0.2, 0.25) is 0 Å². The first kappa shape index (κ1) is 26.0. The molecule has 2 aromatic rings. The van der Waals surface area contributed by atoms with Crippen molar-refractivity contribution in [3.63, 3.8) is 0 Å². The van der Waals surface area contributed by atoms with E-state index in [-0.39, 0.29) is 23.5 Å². The predicted octanol–water partition coefficient (Wildman–Crippen LogP) is 5.28. The van der Waals surface area contributed by atoms with E-state index in [1.807, 2.05) is 6.07 Å². The Kier molecular flexibility index (Phi) is 8.53. The van der Waals surface area contributed by atoms with E-state index in [9.17, 15) is 14.4 Å². The van der Waals surface area contributed by atoms with Gasteiger partial charge in [-0.1, -0.05) is 0 Å². The Hall–Kier alpha value is -2.66. The number of carbonyl (C=O) groups is 3. The van der Waals surface area contributed by atoms with E-state index in [2.05, 4.69) is 36.4 Å². The number of rotatable bonds is 6. The molecule has 1 aliphatic heterocycles. The lowest BCUT2D eigenvalue weighted by Gasteiger charge is -2.34. The van der Waals surface area contributed by atoms with Crippen molar-refractivity contribution in [3.05, 3.63) is 33.2 Å². The SMILES string of the molecule is CCOC(=O)C1CCN(c2ccc(NC(=O)OC(C)(C)C)cc2NC(=O)c2csc(Br)n2)CC1. The second kappa shape index (κ2) is 11.2. The molecule has 9 nitrogen and oxygen atoms in total. The van der Waals surface area contributed by atoms with Crippen LogP contribution in [0, 0.1) is 5.92 Å². The Labute approximate surface area is 211 Å². The number of ether oxygens (including phenoxy) is 2. The summed E-state index contributed by atoms with van der Waals surface area (Å²) in [7, 11) is 0. The van der Waals surface area contributed by atoms with Crippen molar-refractivity contribution in [2.24, 2.45) is 5.92 Å². The normalized spacial score (nSPS) is 14.4. The van der Waals surface area contributed by atoms with E-state index in [1.165, 1.54) is 11.3 Å². The third-order valence-electron chi connectivity index (χ3n) is 5.05. The van der Waals surface area contributed by atoms with E-state index < -0.39 is 11.7 Å². The van der Waals surface area contributed by atoms with Gasteiger partial charge in [-0.2, -0.15) is 0 Å². The number of amides is 2. The first-order chi connectivity index (χ1) is 16.1. The summed E-state index contributed by atoms with van der Waals surface area (Å²) in [6.45, 7) is 8.79. The Morgan fingerprint density at radius 2 is 1.91 bits per heavy atom. The molecule has 2 N–H and O–H groups in total. The molecule has 0 unspecified atom stereocenters. The van der Waals surface area contributed by atoms with Gasteiger partial charge < -0.3 is 19.7 Å². The lowest BCUT2D eigenvalue weighted by molar-refractivity contribution is -0.148. The van der Waals surface area contributed by atoms with E-state index in [0.717, 1.165) is 5.69 Å². The van der Waals surface area contributed by atoms with Crippen molar-refractivity contribution in [2.45, 2.75) is 46.1 Å². The van der Waals surface area contributed by atoms with Crippen LogP contribution >= 0.6 is 27.3 Å². The second-order valence-electron chi connectivity index (χ2n) is 8.81. The fourth-order valence-corrected chi connectivity index (χ4v) is 4.56. The highest BCUT2D eigenvalue weighted by atomic mass is 79.9. The first-order valence-corrected chi connectivity index (χ1v) is 12.7. The van der Waals surface area contributed by atoms with Crippen molar-refractivity contribution in [2.75, 3.05) is 35.2 Å². The Balaban J connectivity index is 1.81. The number of carbonyl (C=O) groups excluding carboxylic acids is 3. The second-order valence-corrected chi connectivity index (χ2v) is 10.9. The fourth-order valence-electron chi connectivity index (χ4n) is 3.57. The van der Waals surface area contributed by atoms with Gasteiger partial charge in [-0.3, -0.25) is 14.9 Å². The molecular formula is C23H29BrN4O5S. The van der Waals surface area contributed by atoms with Crippen LogP contribution in [-0.2, 0) is 14.3 Å². The zero-order valence-electron chi connectivity index (χ0n) is 19.6. The molecule has 0 saturated carbocycles. The predicted molar refractivity (Wildman–Crippen MR) is 136 cm³/mol. The molecule has 1 aromatic carbocycles. The zero-order valence-corrected chi connectivity index (χ0v) is 22.0. The van der Waals surface area contributed by atoms with E-state index in [4.69, 9.17) is 9.47 Å². The molecule has 0 bridgehead atoms. The van der Waals surface area contributed by atoms with Crippen LogP contribution in [0.5, 0.6) is 0 Å². The molecule has 0 radical (unpaired) electrons. The Bertz CT molecular complexity index is 1040. The number of piperidine rings is 1. The van der Waals surface area contributed by atoms with Crippen molar-refractivity contribution in [3.8, 4) is 0 Å². The molecule has 2 heterocycles. The van der Waals surface area contributed by atoms with E-state index in [1.54, 1.807) is 45.2 Å². The van der Waals surface area contributed by atoms with Crippen molar-refractivity contribution < 1.29 is 23.9 Å². The number of nitrogens with one attached hydrogen (secondary N) is 2. The standard InChI is InChI=1S/C23H29BrN4O5S/c1-5-32-20(30)14-8-10-28(11-9-14)18-7-6-15(25-22(31)33-23(2,3)4)12-16(18)26-19(29)17-13-34-21(24)27-17/h6-7,12-14H,5,8-11H2,1-4H3,(H,25,31)(H,26,29). The minimum Gasteiger partial charge on any atom is -0.466 e. The third kappa shape index (κ3) is 7.17. The number of hydrogen-bond donors (Lipinski definition) is 2. The number of halogens is 1. The highest BCUT2D eigenvalue weighted by Crippen LogP contribution is 2.33. The van der Waals surface area contributed by atoms with Gasteiger partial charge in [0.1, 0.15) is 11.3 Å². The van der Waals surface area contributed by atoms with Gasteiger partial charge >= 0.3 is 12.1 Å². The van der Waals surface area contributed by atoms with Crippen LogP contribution in [-0.4, -0.2) is 48.3 Å². The zero-order chi connectivity index (χ0) is 24.9. The topological polar surface area (TPSA) is 110 Å². The van der Waals surface area contributed by atoms with E-state index in [0.29, 0.717) is 47.8 Å². The van der Waals surface area contributed by atoms with Gasteiger partial charge in [-0.15, -0.1) is 11.3 Å². The summed E-state index contributed by atoms with van der Waals surface area (Å²) in [4.78, 5) is 43.4. The molecule has 0 spiro atoms. The van der Waals surface area contributed by atoms with Gasteiger partial charge in [0.05, 0.1) is 23.9 Å². The maximum atomic E-state index is 12.8. The monoisotopic (exact) mass is 552 g/mol. The maximum Gasteiger partial charge on any atom is 0.412 e. The number of anilines is 3. The molecule has 0 atom stereocenters. The number of nitrogens with zero attached hydrogens (tertiary/aromatic N) is 2. The Morgan fingerprint density at radius 1 is 1.21 bits per heavy atom. The summed E-state index contributed by atoms with van der Waals surface area (Å²) in [5.41, 5.74) is 1.45. The average molecular weight is 553 g/mol. The largest absolute Gasteiger partial charge is 0.466 e. The smallest absolute Gasteiger partial charge is 0.412 e. The number of benzene rings is 1. The summed E-state index contributed by atoms with van der Waals surface area (Å²) >= 11 is 4.59. The van der Waals surface area contributed by atoms with Crippen LogP contribution in [0.2, 0.25) is 0 Å². The summed E-state index contributed by atoms with van der Waals surface area (Å²) in [5.74, 6) is -0.657. The van der Waals surface area contributed by atoms with Crippen LogP contribution in [0.4, 0.5) is 21.9 Å². The summed E-state index contributed by atoms with van der Waals surface area (Å²) < 4.78 is 11.1. The minimum atomic E-state index is -0.637. The minimum absolute atomic E-state index is 0.130. The lowest BCUT2D eigenvalue weighted by atomic mass is 9.96. The Morgan fingerprint density at radius 3 is 2.50 bits per heavy atom. The molecule has 34 heavy (non-hydrogen) atoms.